The van der Waals surface area contributed by atoms with Crippen molar-refractivity contribution < 1.29 is 4.39 Å². The van der Waals surface area contributed by atoms with Crippen molar-refractivity contribution in [3.05, 3.63) is 35.0 Å². The molecule has 0 nitrogen and oxygen atoms in total. The standard InChI is InChI=1S/C11H13FSi/c1-8-11(12)9-6-4-5-7-10(9)13(8,2)3/h4-7H,1-3H3. The van der Waals surface area contributed by atoms with Crippen LogP contribution in [-0.4, -0.2) is 8.07 Å². The van der Waals surface area contributed by atoms with E-state index in [1.54, 1.807) is 0 Å². The lowest BCUT2D eigenvalue weighted by Crippen LogP contribution is -2.40. The molecule has 0 amide bonds. The molecule has 1 aromatic rings. The number of allylic oxidation sites excluding steroid dienone is 1. The molecule has 0 bridgehead atoms. The zero-order valence-electron chi connectivity index (χ0n) is 8.19. The summed E-state index contributed by atoms with van der Waals surface area (Å²) in [4.78, 5) is 0. The van der Waals surface area contributed by atoms with Gasteiger partial charge in [0.15, 0.2) is 0 Å². The number of hydrogen-bond acceptors (Lipinski definition) is 0. The first kappa shape index (κ1) is 8.69. The van der Waals surface area contributed by atoms with E-state index < -0.39 is 8.07 Å². The van der Waals surface area contributed by atoms with Crippen molar-refractivity contribution in [3.63, 3.8) is 0 Å². The van der Waals surface area contributed by atoms with Crippen LogP contribution in [0.1, 0.15) is 12.5 Å². The van der Waals surface area contributed by atoms with Crippen molar-refractivity contribution in [1.82, 2.24) is 0 Å². The van der Waals surface area contributed by atoms with Crippen molar-refractivity contribution in [2.45, 2.75) is 20.0 Å². The van der Waals surface area contributed by atoms with Crippen LogP contribution < -0.4 is 5.19 Å². The maximum absolute atomic E-state index is 13.7. The fourth-order valence-corrected chi connectivity index (χ4v) is 4.36. The zero-order chi connectivity index (χ0) is 9.64. The molecule has 0 atom stereocenters. The Morgan fingerprint density at radius 3 is 2.38 bits per heavy atom. The van der Waals surface area contributed by atoms with Gasteiger partial charge in [0, 0.05) is 5.56 Å². The number of halogens is 1. The lowest BCUT2D eigenvalue weighted by atomic mass is 10.2. The Morgan fingerprint density at radius 2 is 1.77 bits per heavy atom. The Hall–Kier alpha value is -0.893. The van der Waals surface area contributed by atoms with Crippen LogP contribution in [-0.2, 0) is 0 Å². The lowest BCUT2D eigenvalue weighted by molar-refractivity contribution is 0.758. The molecule has 13 heavy (non-hydrogen) atoms. The van der Waals surface area contributed by atoms with Crippen LogP contribution in [0.25, 0.3) is 5.83 Å². The predicted octanol–water partition coefficient (Wildman–Crippen LogP) is 2.86. The van der Waals surface area contributed by atoms with Gasteiger partial charge in [0.05, 0.1) is 0 Å². The Kier molecular flexibility index (Phi) is 1.70. The number of benzene rings is 1. The van der Waals surface area contributed by atoms with Gasteiger partial charge >= 0.3 is 0 Å². The smallest absolute Gasteiger partial charge is 0.125 e. The lowest BCUT2D eigenvalue weighted by Gasteiger charge is -2.18. The van der Waals surface area contributed by atoms with E-state index in [4.69, 9.17) is 0 Å². The Bertz CT molecular complexity index is 391. The molecule has 1 aliphatic rings. The van der Waals surface area contributed by atoms with Gasteiger partial charge < -0.3 is 0 Å². The van der Waals surface area contributed by atoms with Crippen molar-refractivity contribution in [1.29, 1.82) is 0 Å². The highest BCUT2D eigenvalue weighted by atomic mass is 28.3. The molecule has 1 aromatic carbocycles. The molecule has 2 heteroatoms. The highest BCUT2D eigenvalue weighted by molar-refractivity contribution is 6.98. The van der Waals surface area contributed by atoms with E-state index in [-0.39, 0.29) is 5.83 Å². The van der Waals surface area contributed by atoms with Crippen LogP contribution >= 0.6 is 0 Å². The van der Waals surface area contributed by atoms with Crippen LogP contribution in [0, 0.1) is 0 Å². The van der Waals surface area contributed by atoms with Gasteiger partial charge in [-0.3, -0.25) is 0 Å². The summed E-state index contributed by atoms with van der Waals surface area (Å²) in [6.07, 6.45) is 0. The number of fused-ring (bicyclic) bond motifs is 1. The zero-order valence-corrected chi connectivity index (χ0v) is 9.19. The molecular formula is C11H13FSi. The van der Waals surface area contributed by atoms with Crippen LogP contribution in [0.5, 0.6) is 0 Å². The predicted molar refractivity (Wildman–Crippen MR) is 57.3 cm³/mol. The highest BCUT2D eigenvalue weighted by Gasteiger charge is 2.37. The molecule has 0 unspecified atom stereocenters. The van der Waals surface area contributed by atoms with Gasteiger partial charge in [0.2, 0.25) is 0 Å². The molecule has 0 N–H and O–H groups in total. The highest BCUT2D eigenvalue weighted by Crippen LogP contribution is 2.33. The SMILES string of the molecule is CC1=C(F)c2ccccc2[Si]1(C)C. The first-order valence-electron chi connectivity index (χ1n) is 4.52. The topological polar surface area (TPSA) is 0 Å². The van der Waals surface area contributed by atoms with Gasteiger partial charge in [-0.1, -0.05) is 37.4 Å². The molecule has 0 spiro atoms. The fourth-order valence-electron chi connectivity index (χ4n) is 1.90. The van der Waals surface area contributed by atoms with Gasteiger partial charge in [-0.25, -0.2) is 4.39 Å². The minimum Gasteiger partial charge on any atom is -0.207 e. The summed E-state index contributed by atoms with van der Waals surface area (Å²) in [7, 11) is -1.62. The fraction of sp³-hybridized carbons (Fsp3) is 0.273. The second-order valence-electron chi connectivity index (χ2n) is 4.11. The summed E-state index contributed by atoms with van der Waals surface area (Å²) < 4.78 is 13.7. The van der Waals surface area contributed by atoms with Crippen molar-refractivity contribution >= 4 is 19.1 Å². The third-order valence-electron chi connectivity index (χ3n) is 3.10. The Balaban J connectivity index is 2.74. The summed E-state index contributed by atoms with van der Waals surface area (Å²) in [5.74, 6) is 0.0206. The monoisotopic (exact) mass is 192 g/mol. The second-order valence-corrected chi connectivity index (χ2v) is 8.65. The molecule has 0 aliphatic carbocycles. The second kappa shape index (κ2) is 2.55. The summed E-state index contributed by atoms with van der Waals surface area (Å²) in [5.41, 5.74) is 0.830. The molecule has 2 rings (SSSR count). The minimum atomic E-state index is -1.62. The van der Waals surface area contributed by atoms with Crippen LogP contribution in [0.2, 0.25) is 13.1 Å². The minimum absolute atomic E-state index is 0.0206. The van der Waals surface area contributed by atoms with E-state index in [9.17, 15) is 4.39 Å². The summed E-state index contributed by atoms with van der Waals surface area (Å²) in [6, 6.07) is 7.86. The molecule has 68 valence electrons. The van der Waals surface area contributed by atoms with Gasteiger partial charge in [-0.2, -0.15) is 0 Å². The first-order valence-corrected chi connectivity index (χ1v) is 7.52. The Labute approximate surface area is 79.1 Å². The maximum Gasteiger partial charge on any atom is 0.125 e. The average Bonchev–Trinajstić information content (AvgIpc) is 2.30. The van der Waals surface area contributed by atoms with Crippen LogP contribution in [0.3, 0.4) is 0 Å². The number of rotatable bonds is 0. The van der Waals surface area contributed by atoms with Crippen molar-refractivity contribution in [2.24, 2.45) is 0 Å². The third kappa shape index (κ3) is 1.02. The molecular weight excluding hydrogens is 179 g/mol. The molecule has 0 saturated heterocycles. The maximum atomic E-state index is 13.7. The van der Waals surface area contributed by atoms with E-state index >= 15 is 0 Å². The average molecular weight is 192 g/mol. The molecule has 1 heterocycles. The summed E-state index contributed by atoms with van der Waals surface area (Å²) in [6.45, 7) is 6.34. The largest absolute Gasteiger partial charge is 0.207 e. The van der Waals surface area contributed by atoms with Gasteiger partial charge in [0.25, 0.3) is 0 Å². The van der Waals surface area contributed by atoms with Crippen molar-refractivity contribution in [2.75, 3.05) is 0 Å². The van der Waals surface area contributed by atoms with Gasteiger partial charge in [-0.15, -0.1) is 0 Å². The van der Waals surface area contributed by atoms with Crippen LogP contribution in [0.15, 0.2) is 29.5 Å². The first-order chi connectivity index (χ1) is 6.05. The quantitative estimate of drug-likeness (QED) is 0.554. The third-order valence-corrected chi connectivity index (χ3v) is 6.98. The summed E-state index contributed by atoms with van der Waals surface area (Å²) >= 11 is 0. The van der Waals surface area contributed by atoms with Crippen LogP contribution in [0.4, 0.5) is 4.39 Å². The van der Waals surface area contributed by atoms with Crippen molar-refractivity contribution in [3.8, 4) is 0 Å². The molecule has 0 radical (unpaired) electrons. The van der Waals surface area contributed by atoms with Gasteiger partial charge in [-0.05, 0) is 17.3 Å². The Morgan fingerprint density at radius 1 is 1.15 bits per heavy atom. The number of hydrogen-bond donors (Lipinski definition) is 0. The molecule has 0 fully saturated rings. The van der Waals surface area contributed by atoms with E-state index in [0.717, 1.165) is 10.8 Å². The normalized spacial score (nSPS) is 19.1. The molecule has 0 saturated carbocycles. The van der Waals surface area contributed by atoms with Gasteiger partial charge in [0.1, 0.15) is 13.9 Å². The van der Waals surface area contributed by atoms with E-state index in [1.165, 1.54) is 5.19 Å². The van der Waals surface area contributed by atoms with E-state index in [1.807, 2.05) is 25.1 Å². The van der Waals surface area contributed by atoms with E-state index in [2.05, 4.69) is 19.2 Å². The summed E-state index contributed by atoms with van der Waals surface area (Å²) in [5, 5.41) is 2.22. The molecule has 1 aliphatic heterocycles. The van der Waals surface area contributed by atoms with E-state index in [0.29, 0.717) is 0 Å². The molecule has 0 aromatic heterocycles.